The Kier molecular flexibility index (Phi) is 4.76. The van der Waals surface area contributed by atoms with Crippen molar-refractivity contribution in [2.75, 3.05) is 6.61 Å². The Bertz CT molecular complexity index is 1120. The van der Waals surface area contributed by atoms with Crippen LogP contribution in [0.5, 0.6) is 5.75 Å². The average molecular weight is 378 g/mol. The van der Waals surface area contributed by atoms with E-state index in [2.05, 4.69) is 15.5 Å². The molecule has 0 N–H and O–H groups in total. The Hall–Kier alpha value is -3.68. The van der Waals surface area contributed by atoms with Gasteiger partial charge >= 0.3 is 5.97 Å². The SMILES string of the molecule is CCOc1ccc2oc(C(=O)OCc3nnnn3-c3ccccc3)c(C)c2c1. The van der Waals surface area contributed by atoms with Crippen LogP contribution < -0.4 is 4.74 Å². The van der Waals surface area contributed by atoms with Crippen LogP contribution in [0.3, 0.4) is 0 Å². The predicted octanol–water partition coefficient (Wildman–Crippen LogP) is 3.47. The summed E-state index contributed by atoms with van der Waals surface area (Å²) in [6, 6.07) is 14.8. The highest BCUT2D eigenvalue weighted by Crippen LogP contribution is 2.29. The normalized spacial score (nSPS) is 10.9. The zero-order chi connectivity index (χ0) is 19.5. The highest BCUT2D eigenvalue weighted by atomic mass is 16.5. The number of para-hydroxylation sites is 1. The second-order valence-corrected chi connectivity index (χ2v) is 6.07. The number of nitrogens with zero attached hydrogens (tertiary/aromatic N) is 4. The number of hydrogen-bond acceptors (Lipinski definition) is 7. The van der Waals surface area contributed by atoms with Gasteiger partial charge in [-0.3, -0.25) is 0 Å². The van der Waals surface area contributed by atoms with E-state index in [1.807, 2.05) is 50.2 Å². The van der Waals surface area contributed by atoms with Gasteiger partial charge in [-0.2, -0.15) is 4.68 Å². The molecule has 8 heteroatoms. The molecule has 2 aromatic heterocycles. The van der Waals surface area contributed by atoms with Crippen LogP contribution in [0.4, 0.5) is 0 Å². The zero-order valence-corrected chi connectivity index (χ0v) is 15.5. The largest absolute Gasteiger partial charge is 0.494 e. The average Bonchev–Trinajstić information content (AvgIpc) is 3.32. The number of rotatable bonds is 6. The van der Waals surface area contributed by atoms with Crippen LogP contribution in [-0.4, -0.2) is 32.8 Å². The van der Waals surface area contributed by atoms with Gasteiger partial charge in [0.25, 0.3) is 0 Å². The van der Waals surface area contributed by atoms with Gasteiger partial charge in [-0.1, -0.05) is 18.2 Å². The predicted molar refractivity (Wildman–Crippen MR) is 100 cm³/mol. The van der Waals surface area contributed by atoms with E-state index in [0.29, 0.717) is 23.6 Å². The van der Waals surface area contributed by atoms with Gasteiger partial charge in [-0.05, 0) is 54.6 Å². The first-order chi connectivity index (χ1) is 13.7. The van der Waals surface area contributed by atoms with Crippen molar-refractivity contribution in [2.45, 2.75) is 20.5 Å². The topological polar surface area (TPSA) is 92.3 Å². The van der Waals surface area contributed by atoms with Gasteiger partial charge in [-0.15, -0.1) is 5.10 Å². The maximum Gasteiger partial charge on any atom is 0.375 e. The van der Waals surface area contributed by atoms with E-state index in [4.69, 9.17) is 13.9 Å². The summed E-state index contributed by atoms with van der Waals surface area (Å²) in [6.07, 6.45) is 0. The third-order valence-electron chi connectivity index (χ3n) is 4.27. The molecule has 0 atom stereocenters. The quantitative estimate of drug-likeness (QED) is 0.474. The number of fused-ring (bicyclic) bond motifs is 1. The number of aryl methyl sites for hydroxylation is 1. The number of ether oxygens (including phenoxy) is 2. The van der Waals surface area contributed by atoms with Gasteiger partial charge in [-0.25, -0.2) is 4.79 Å². The van der Waals surface area contributed by atoms with E-state index in [0.717, 1.165) is 16.8 Å². The molecule has 8 nitrogen and oxygen atoms in total. The van der Waals surface area contributed by atoms with Crippen molar-refractivity contribution < 1.29 is 18.7 Å². The number of carbonyl (C=O) groups is 1. The van der Waals surface area contributed by atoms with Crippen LogP contribution in [0.25, 0.3) is 16.7 Å². The Balaban J connectivity index is 1.54. The summed E-state index contributed by atoms with van der Waals surface area (Å²) in [4.78, 5) is 12.6. The lowest BCUT2D eigenvalue weighted by atomic mass is 10.1. The number of carbonyl (C=O) groups excluding carboxylic acids is 1. The minimum Gasteiger partial charge on any atom is -0.494 e. The lowest BCUT2D eigenvalue weighted by molar-refractivity contribution is 0.0424. The zero-order valence-electron chi connectivity index (χ0n) is 15.5. The lowest BCUT2D eigenvalue weighted by Crippen LogP contribution is -2.10. The number of aromatic nitrogens is 4. The van der Waals surface area contributed by atoms with Crippen molar-refractivity contribution in [3.05, 3.63) is 65.7 Å². The number of tetrazole rings is 1. The first kappa shape index (κ1) is 17.7. The third kappa shape index (κ3) is 3.32. The number of esters is 1. The highest BCUT2D eigenvalue weighted by Gasteiger charge is 2.21. The Morgan fingerprint density at radius 2 is 2.00 bits per heavy atom. The molecule has 4 rings (SSSR count). The van der Waals surface area contributed by atoms with Crippen LogP contribution in [-0.2, 0) is 11.3 Å². The molecular formula is C20H18N4O4. The second kappa shape index (κ2) is 7.51. The molecule has 0 fully saturated rings. The molecule has 0 radical (unpaired) electrons. The Labute approximate surface area is 160 Å². The molecule has 2 heterocycles. The first-order valence-corrected chi connectivity index (χ1v) is 8.83. The minimum absolute atomic E-state index is 0.0819. The minimum atomic E-state index is -0.575. The van der Waals surface area contributed by atoms with Crippen LogP contribution in [0.2, 0.25) is 0 Å². The van der Waals surface area contributed by atoms with Crippen molar-refractivity contribution in [3.8, 4) is 11.4 Å². The third-order valence-corrected chi connectivity index (χ3v) is 4.27. The van der Waals surface area contributed by atoms with Crippen molar-refractivity contribution in [1.29, 1.82) is 0 Å². The smallest absolute Gasteiger partial charge is 0.375 e. The summed E-state index contributed by atoms with van der Waals surface area (Å²) in [7, 11) is 0. The molecular weight excluding hydrogens is 360 g/mol. The molecule has 28 heavy (non-hydrogen) atoms. The molecule has 0 aliphatic rings. The van der Waals surface area contributed by atoms with Gasteiger partial charge in [0, 0.05) is 10.9 Å². The van der Waals surface area contributed by atoms with Crippen LogP contribution >= 0.6 is 0 Å². The van der Waals surface area contributed by atoms with Crippen molar-refractivity contribution in [2.24, 2.45) is 0 Å². The fourth-order valence-corrected chi connectivity index (χ4v) is 2.91. The molecule has 0 bridgehead atoms. The molecule has 0 spiro atoms. The Morgan fingerprint density at radius 1 is 1.18 bits per heavy atom. The summed E-state index contributed by atoms with van der Waals surface area (Å²) < 4.78 is 18.1. The van der Waals surface area contributed by atoms with E-state index >= 15 is 0 Å². The highest BCUT2D eigenvalue weighted by molar-refractivity contribution is 5.96. The van der Waals surface area contributed by atoms with E-state index < -0.39 is 5.97 Å². The summed E-state index contributed by atoms with van der Waals surface area (Å²) >= 11 is 0. The van der Waals surface area contributed by atoms with Crippen LogP contribution in [0.15, 0.2) is 52.9 Å². The molecule has 4 aromatic rings. The van der Waals surface area contributed by atoms with E-state index in [1.54, 1.807) is 12.1 Å². The standard InChI is InChI=1S/C20H18N4O4/c1-3-26-15-9-10-17-16(11-15)13(2)19(28-17)20(25)27-12-18-21-22-23-24(18)14-7-5-4-6-8-14/h4-11H,3,12H2,1-2H3. The van der Waals surface area contributed by atoms with Gasteiger partial charge in [0.05, 0.1) is 12.3 Å². The summed E-state index contributed by atoms with van der Waals surface area (Å²) in [5.41, 5.74) is 2.08. The summed E-state index contributed by atoms with van der Waals surface area (Å²) in [5, 5.41) is 12.4. The molecule has 0 amide bonds. The molecule has 142 valence electrons. The van der Waals surface area contributed by atoms with E-state index in [1.165, 1.54) is 4.68 Å². The van der Waals surface area contributed by atoms with Crippen molar-refractivity contribution in [1.82, 2.24) is 20.2 Å². The fraction of sp³-hybridized carbons (Fsp3) is 0.200. The van der Waals surface area contributed by atoms with Gasteiger partial charge in [0.2, 0.25) is 5.76 Å². The Morgan fingerprint density at radius 3 is 2.79 bits per heavy atom. The molecule has 0 aliphatic carbocycles. The maximum atomic E-state index is 12.6. The monoisotopic (exact) mass is 378 g/mol. The molecule has 0 saturated heterocycles. The first-order valence-electron chi connectivity index (χ1n) is 8.83. The molecule has 2 aromatic carbocycles. The number of benzene rings is 2. The molecule has 0 saturated carbocycles. The maximum absolute atomic E-state index is 12.6. The lowest BCUT2D eigenvalue weighted by Gasteiger charge is -2.05. The second-order valence-electron chi connectivity index (χ2n) is 6.07. The van der Waals surface area contributed by atoms with Crippen LogP contribution in [0.1, 0.15) is 28.9 Å². The van der Waals surface area contributed by atoms with Crippen molar-refractivity contribution >= 4 is 16.9 Å². The van der Waals surface area contributed by atoms with E-state index in [-0.39, 0.29) is 12.4 Å². The van der Waals surface area contributed by atoms with Gasteiger partial charge in [0.15, 0.2) is 12.4 Å². The number of furan rings is 1. The fourth-order valence-electron chi connectivity index (χ4n) is 2.91. The summed E-state index contributed by atoms with van der Waals surface area (Å²) in [6.45, 7) is 4.21. The van der Waals surface area contributed by atoms with Crippen LogP contribution in [0, 0.1) is 6.92 Å². The summed E-state index contributed by atoms with van der Waals surface area (Å²) in [5.74, 6) is 0.712. The number of hydrogen-bond donors (Lipinski definition) is 0. The van der Waals surface area contributed by atoms with Gasteiger partial charge in [0.1, 0.15) is 11.3 Å². The molecule has 0 aliphatic heterocycles. The van der Waals surface area contributed by atoms with Gasteiger partial charge < -0.3 is 13.9 Å². The van der Waals surface area contributed by atoms with E-state index in [9.17, 15) is 4.79 Å². The van der Waals surface area contributed by atoms with Crippen molar-refractivity contribution in [3.63, 3.8) is 0 Å². The molecule has 0 unspecified atom stereocenters.